The van der Waals surface area contributed by atoms with Crippen LogP contribution in [0.4, 0.5) is 9.18 Å². The minimum absolute atomic E-state index is 0.0191. The second kappa shape index (κ2) is 16.9. The number of aryl methyl sites for hydroxylation is 2. The van der Waals surface area contributed by atoms with Crippen LogP contribution in [0.15, 0.2) is 40.9 Å². The third-order valence-electron chi connectivity index (χ3n) is 6.34. The van der Waals surface area contributed by atoms with E-state index in [2.05, 4.69) is 53.3 Å². The van der Waals surface area contributed by atoms with Gasteiger partial charge in [0.25, 0.3) is 0 Å². The van der Waals surface area contributed by atoms with Gasteiger partial charge in [-0.1, -0.05) is 61.8 Å². The molecule has 1 amide bonds. The summed E-state index contributed by atoms with van der Waals surface area (Å²) in [4.78, 5) is 11.8. The Morgan fingerprint density at radius 1 is 1.02 bits per heavy atom. The van der Waals surface area contributed by atoms with Gasteiger partial charge in [-0.05, 0) is 103 Å². The Kier molecular flexibility index (Phi) is 15.9. The summed E-state index contributed by atoms with van der Waals surface area (Å²) in [6, 6.07) is 12.0. The lowest BCUT2D eigenvalue weighted by molar-refractivity contribution is 0.00578. The molecule has 1 aliphatic heterocycles. The first-order chi connectivity index (χ1) is 18.9. The molecule has 0 spiro atoms. The average molecular weight is 635 g/mol. The zero-order valence-corrected chi connectivity index (χ0v) is 28.7. The SMILES string of the molecule is CC.CC.CC(C)(C)OC(=O)N[C@H](C#N)Cc1ccc(B2OC(C)(C)C(C)(C)O2)cc1F.Cc1ccc(Br)cc1C. The van der Waals surface area contributed by atoms with Crippen molar-refractivity contribution in [1.82, 2.24) is 5.32 Å². The van der Waals surface area contributed by atoms with E-state index in [0.717, 1.165) is 4.47 Å². The molecule has 0 unspecified atom stereocenters. The molecule has 2 aromatic rings. The van der Waals surface area contributed by atoms with Crippen LogP contribution in [-0.4, -0.2) is 36.1 Å². The summed E-state index contributed by atoms with van der Waals surface area (Å²) < 4.78 is 32.8. The maximum absolute atomic E-state index is 14.6. The van der Waals surface area contributed by atoms with Gasteiger partial charge in [-0.15, -0.1) is 0 Å². The molecular weight excluding hydrogens is 586 g/mol. The summed E-state index contributed by atoms with van der Waals surface area (Å²) in [6.45, 7) is 25.1. The van der Waals surface area contributed by atoms with Crippen LogP contribution < -0.4 is 10.8 Å². The zero-order chi connectivity index (χ0) is 32.2. The number of rotatable bonds is 4. The Hall–Kier alpha value is -2.41. The number of benzene rings is 2. The molecule has 2 aromatic carbocycles. The van der Waals surface area contributed by atoms with Gasteiger partial charge in [-0.3, -0.25) is 0 Å². The van der Waals surface area contributed by atoms with Crippen LogP contribution in [0.1, 0.15) is 92.9 Å². The molecule has 1 fully saturated rings. The number of nitrogens with one attached hydrogen (secondary N) is 1. The van der Waals surface area contributed by atoms with E-state index in [1.165, 1.54) is 17.2 Å². The number of alkyl carbamates (subject to hydrolysis) is 1. The van der Waals surface area contributed by atoms with E-state index in [1.54, 1.807) is 32.9 Å². The first kappa shape index (κ1) is 38.6. The minimum Gasteiger partial charge on any atom is -0.444 e. The third kappa shape index (κ3) is 12.6. The molecule has 1 heterocycles. The Labute approximate surface area is 256 Å². The molecule has 41 heavy (non-hydrogen) atoms. The average Bonchev–Trinajstić information content (AvgIpc) is 3.10. The molecule has 0 radical (unpaired) electrons. The Morgan fingerprint density at radius 3 is 1.98 bits per heavy atom. The summed E-state index contributed by atoms with van der Waals surface area (Å²) in [7, 11) is -0.666. The van der Waals surface area contributed by atoms with Crippen molar-refractivity contribution < 1.29 is 23.2 Å². The highest BCUT2D eigenvalue weighted by Gasteiger charge is 2.51. The number of nitriles is 1. The van der Waals surface area contributed by atoms with Crippen LogP contribution in [0.5, 0.6) is 0 Å². The molecule has 0 bridgehead atoms. The van der Waals surface area contributed by atoms with Crippen molar-refractivity contribution in [2.45, 2.75) is 119 Å². The fourth-order valence-electron chi connectivity index (χ4n) is 3.36. The number of ether oxygens (including phenoxy) is 1. The van der Waals surface area contributed by atoms with Gasteiger partial charge in [0.05, 0.1) is 17.3 Å². The predicted octanol–water partition coefficient (Wildman–Crippen LogP) is 8.20. The minimum atomic E-state index is -0.910. The lowest BCUT2D eigenvalue weighted by Crippen LogP contribution is -2.41. The van der Waals surface area contributed by atoms with Crippen LogP contribution in [0, 0.1) is 31.0 Å². The zero-order valence-electron chi connectivity index (χ0n) is 27.2. The topological polar surface area (TPSA) is 80.6 Å². The molecule has 1 N–H and O–H groups in total. The second-order valence-electron chi connectivity index (χ2n) is 11.2. The van der Waals surface area contributed by atoms with E-state index in [4.69, 9.17) is 14.0 Å². The van der Waals surface area contributed by atoms with Crippen LogP contribution in [0.25, 0.3) is 0 Å². The lowest BCUT2D eigenvalue weighted by Gasteiger charge is -2.32. The highest BCUT2D eigenvalue weighted by molar-refractivity contribution is 9.10. The summed E-state index contributed by atoms with van der Waals surface area (Å²) in [5.74, 6) is -0.488. The van der Waals surface area contributed by atoms with Gasteiger partial charge in [0.2, 0.25) is 0 Å². The first-order valence-corrected chi connectivity index (χ1v) is 15.0. The maximum Gasteiger partial charge on any atom is 0.494 e. The normalized spacial score (nSPS) is 15.4. The quantitative estimate of drug-likeness (QED) is 0.343. The number of hydrogen-bond donors (Lipinski definition) is 1. The van der Waals surface area contributed by atoms with E-state index in [9.17, 15) is 14.4 Å². The molecule has 0 saturated carbocycles. The van der Waals surface area contributed by atoms with Crippen LogP contribution in [0.2, 0.25) is 0 Å². The van der Waals surface area contributed by atoms with Crippen LogP contribution in [0.3, 0.4) is 0 Å². The lowest BCUT2D eigenvalue weighted by atomic mass is 9.78. The van der Waals surface area contributed by atoms with E-state index >= 15 is 0 Å². The van der Waals surface area contributed by atoms with E-state index < -0.39 is 41.9 Å². The smallest absolute Gasteiger partial charge is 0.444 e. The van der Waals surface area contributed by atoms with Gasteiger partial charge < -0.3 is 19.4 Å². The Morgan fingerprint density at radius 2 is 1.56 bits per heavy atom. The fourth-order valence-corrected chi connectivity index (χ4v) is 3.83. The van der Waals surface area contributed by atoms with Crippen molar-refractivity contribution >= 4 is 34.6 Å². The van der Waals surface area contributed by atoms with Gasteiger partial charge in [0.15, 0.2) is 0 Å². The standard InChI is InChI=1S/C20H28BFN2O4.C8H9Br.2C2H6/c1-18(2,3)26-17(25)24-15(12-23)10-13-8-9-14(11-16(13)22)21-27-19(4,5)20(6,7)28-21;1-6-3-4-8(9)5-7(6)2;2*1-2/h8-9,11,15H,10H2,1-7H3,(H,24,25);3-5H,1-2H3;2*1-2H3/t15-;;;/m0.../s1. The first-order valence-electron chi connectivity index (χ1n) is 14.2. The van der Waals surface area contributed by atoms with Crippen LogP contribution >= 0.6 is 15.9 Å². The number of hydrogen-bond acceptors (Lipinski definition) is 5. The summed E-state index contributed by atoms with van der Waals surface area (Å²) in [5, 5.41) is 11.7. The molecule has 0 aliphatic carbocycles. The van der Waals surface area contributed by atoms with E-state index in [0.29, 0.717) is 11.0 Å². The van der Waals surface area contributed by atoms with Crippen molar-refractivity contribution in [3.05, 3.63) is 63.4 Å². The van der Waals surface area contributed by atoms with Gasteiger partial charge in [-0.25, -0.2) is 9.18 Å². The molecule has 0 aromatic heterocycles. The van der Waals surface area contributed by atoms with Crippen molar-refractivity contribution in [2.75, 3.05) is 0 Å². The predicted molar refractivity (Wildman–Crippen MR) is 171 cm³/mol. The maximum atomic E-state index is 14.6. The van der Waals surface area contributed by atoms with Gasteiger partial charge in [0, 0.05) is 10.9 Å². The monoisotopic (exact) mass is 634 g/mol. The number of nitrogens with zero attached hydrogens (tertiary/aromatic N) is 1. The van der Waals surface area contributed by atoms with Gasteiger partial charge in [0.1, 0.15) is 17.5 Å². The summed E-state index contributed by atoms with van der Waals surface area (Å²) in [6.07, 6.45) is -0.695. The number of halogens is 2. The largest absolute Gasteiger partial charge is 0.494 e. The highest BCUT2D eigenvalue weighted by Crippen LogP contribution is 2.36. The number of carbonyl (C=O) groups excluding carboxylic acids is 1. The highest BCUT2D eigenvalue weighted by atomic mass is 79.9. The molecule has 1 saturated heterocycles. The van der Waals surface area contributed by atoms with Gasteiger partial charge >= 0.3 is 13.2 Å². The molecular formula is C32H49BBrFN2O4. The van der Waals surface area contributed by atoms with Crippen molar-refractivity contribution in [2.24, 2.45) is 0 Å². The number of carbonyl (C=O) groups is 1. The van der Waals surface area contributed by atoms with Crippen molar-refractivity contribution in [3.63, 3.8) is 0 Å². The van der Waals surface area contributed by atoms with Crippen molar-refractivity contribution in [3.8, 4) is 6.07 Å². The summed E-state index contributed by atoms with van der Waals surface area (Å²) >= 11 is 3.40. The molecule has 1 atom stereocenters. The number of amides is 1. The Balaban J connectivity index is 0.00000103. The summed E-state index contributed by atoms with van der Waals surface area (Å²) in [5.41, 5.74) is 1.84. The molecule has 6 nitrogen and oxygen atoms in total. The van der Waals surface area contributed by atoms with Crippen molar-refractivity contribution in [1.29, 1.82) is 5.26 Å². The molecule has 9 heteroatoms. The van der Waals surface area contributed by atoms with E-state index in [-0.39, 0.29) is 6.42 Å². The van der Waals surface area contributed by atoms with E-state index in [1.807, 2.05) is 61.5 Å². The molecule has 1 aliphatic rings. The molecule has 228 valence electrons. The van der Waals surface area contributed by atoms with Gasteiger partial charge in [-0.2, -0.15) is 5.26 Å². The molecule has 3 rings (SSSR count). The fraction of sp³-hybridized carbons (Fsp3) is 0.562. The van der Waals surface area contributed by atoms with Crippen LogP contribution in [-0.2, 0) is 20.5 Å². The second-order valence-corrected chi connectivity index (χ2v) is 12.1. The Bertz CT molecular complexity index is 1140. The third-order valence-corrected chi connectivity index (χ3v) is 6.84.